The van der Waals surface area contributed by atoms with Crippen molar-refractivity contribution in [1.82, 2.24) is 4.98 Å². The van der Waals surface area contributed by atoms with Crippen LogP contribution in [0.3, 0.4) is 0 Å². The van der Waals surface area contributed by atoms with E-state index in [-0.39, 0.29) is 0 Å². The minimum Gasteiger partial charge on any atom is -0.486 e. The third kappa shape index (κ3) is 3.74. The summed E-state index contributed by atoms with van der Waals surface area (Å²) in [6.07, 6.45) is 0. The Kier molecular flexibility index (Phi) is 4.88. The summed E-state index contributed by atoms with van der Waals surface area (Å²) < 4.78 is 5.76. The molecule has 0 aliphatic carbocycles. The van der Waals surface area contributed by atoms with Crippen molar-refractivity contribution < 1.29 is 4.74 Å². The first-order chi connectivity index (χ1) is 9.10. The third-order valence-electron chi connectivity index (χ3n) is 2.85. The van der Waals surface area contributed by atoms with Crippen molar-refractivity contribution in [3.05, 3.63) is 45.4 Å². The molecule has 1 aromatic heterocycles. The van der Waals surface area contributed by atoms with Gasteiger partial charge in [-0.05, 0) is 25.0 Å². The first-order valence-corrected chi connectivity index (χ1v) is 7.84. The molecule has 0 amide bonds. The molecule has 1 aromatic carbocycles. The van der Waals surface area contributed by atoms with Crippen LogP contribution in [0.1, 0.15) is 40.9 Å². The molecule has 0 unspecified atom stereocenters. The molecule has 0 fully saturated rings. The lowest BCUT2D eigenvalue weighted by Crippen LogP contribution is -1.96. The smallest absolute Gasteiger partial charge is 0.140 e. The van der Waals surface area contributed by atoms with E-state index in [0.717, 1.165) is 22.2 Å². The molecule has 0 N–H and O–H groups in total. The Morgan fingerprint density at radius 3 is 2.47 bits per heavy atom. The number of aryl methyl sites for hydroxylation is 1. The molecule has 19 heavy (non-hydrogen) atoms. The minimum atomic E-state index is 0.437. The number of hydrogen-bond acceptors (Lipinski definition) is 4. The van der Waals surface area contributed by atoms with Crippen molar-refractivity contribution in [3.63, 3.8) is 0 Å². The number of thiazole rings is 1. The Morgan fingerprint density at radius 1 is 1.26 bits per heavy atom. The summed E-state index contributed by atoms with van der Waals surface area (Å²) in [5, 5.41) is 1.02. The number of nitrogens with zero attached hydrogens (tertiary/aromatic N) is 1. The zero-order chi connectivity index (χ0) is 13.8. The summed E-state index contributed by atoms with van der Waals surface area (Å²) in [6.45, 7) is 6.92. The number of ether oxygens (including phenoxy) is 1. The molecule has 2 rings (SSSR count). The lowest BCUT2D eigenvalue weighted by Gasteiger charge is -2.04. The van der Waals surface area contributed by atoms with Gasteiger partial charge in [0.2, 0.25) is 0 Å². The quantitative estimate of drug-likeness (QED) is 0.815. The monoisotopic (exact) mass is 293 g/mol. The predicted molar refractivity (Wildman–Crippen MR) is 84.4 cm³/mol. The van der Waals surface area contributed by atoms with Gasteiger partial charge in [0, 0.05) is 10.6 Å². The zero-order valence-electron chi connectivity index (χ0n) is 11.5. The van der Waals surface area contributed by atoms with Crippen molar-refractivity contribution in [2.24, 2.45) is 0 Å². The van der Waals surface area contributed by atoms with Crippen molar-refractivity contribution in [1.29, 1.82) is 0 Å². The van der Waals surface area contributed by atoms with E-state index < -0.39 is 0 Å². The number of rotatable bonds is 5. The van der Waals surface area contributed by atoms with Crippen LogP contribution in [0.4, 0.5) is 0 Å². The first kappa shape index (κ1) is 14.4. The second kappa shape index (κ2) is 6.44. The van der Waals surface area contributed by atoms with Gasteiger partial charge in [-0.3, -0.25) is 0 Å². The Morgan fingerprint density at radius 2 is 1.95 bits per heavy atom. The molecule has 0 aliphatic rings. The summed E-state index contributed by atoms with van der Waals surface area (Å²) in [5.74, 6) is 2.07. The SMILES string of the molecule is Cc1ccc(OCc2nc(C(C)C)c(CS)s2)cc1. The van der Waals surface area contributed by atoms with Crippen LogP contribution in [0.15, 0.2) is 24.3 Å². The van der Waals surface area contributed by atoms with E-state index in [1.165, 1.54) is 10.4 Å². The molecule has 2 aromatic rings. The summed E-state index contributed by atoms with van der Waals surface area (Å²) in [7, 11) is 0. The molecular formula is C15H19NOS2. The number of thiol groups is 1. The van der Waals surface area contributed by atoms with Crippen molar-refractivity contribution in [2.45, 2.75) is 39.0 Å². The molecule has 102 valence electrons. The van der Waals surface area contributed by atoms with Crippen LogP contribution in [0.25, 0.3) is 0 Å². The zero-order valence-corrected chi connectivity index (χ0v) is 13.2. The van der Waals surface area contributed by atoms with E-state index >= 15 is 0 Å². The van der Waals surface area contributed by atoms with E-state index in [1.54, 1.807) is 11.3 Å². The molecule has 0 radical (unpaired) electrons. The fourth-order valence-electron chi connectivity index (χ4n) is 1.82. The predicted octanol–water partition coefficient (Wildman–Crippen LogP) is 4.58. The minimum absolute atomic E-state index is 0.437. The van der Waals surface area contributed by atoms with Gasteiger partial charge in [0.25, 0.3) is 0 Å². The molecule has 4 heteroatoms. The third-order valence-corrected chi connectivity index (χ3v) is 4.42. The van der Waals surface area contributed by atoms with Gasteiger partial charge in [-0.25, -0.2) is 4.98 Å². The fraction of sp³-hybridized carbons (Fsp3) is 0.400. The summed E-state index contributed by atoms with van der Waals surface area (Å²) in [5.41, 5.74) is 2.39. The van der Waals surface area contributed by atoms with E-state index in [2.05, 4.69) is 50.5 Å². The second-order valence-corrected chi connectivity index (χ2v) is 6.31. The first-order valence-electron chi connectivity index (χ1n) is 6.39. The van der Waals surface area contributed by atoms with Gasteiger partial charge in [-0.15, -0.1) is 11.3 Å². The van der Waals surface area contributed by atoms with Gasteiger partial charge in [0.1, 0.15) is 17.4 Å². The van der Waals surface area contributed by atoms with Gasteiger partial charge >= 0.3 is 0 Å². The number of benzene rings is 1. The summed E-state index contributed by atoms with van der Waals surface area (Å²) in [6, 6.07) is 8.09. The highest BCUT2D eigenvalue weighted by atomic mass is 32.1. The average molecular weight is 293 g/mol. The highest BCUT2D eigenvalue weighted by Gasteiger charge is 2.13. The largest absolute Gasteiger partial charge is 0.486 e. The number of aromatic nitrogens is 1. The lowest BCUT2D eigenvalue weighted by molar-refractivity contribution is 0.305. The molecule has 0 saturated carbocycles. The van der Waals surface area contributed by atoms with Crippen LogP contribution in [0.5, 0.6) is 5.75 Å². The van der Waals surface area contributed by atoms with Crippen LogP contribution in [-0.2, 0) is 12.4 Å². The standard InChI is InChI=1S/C15H19NOS2/c1-10(2)15-13(9-18)19-14(16-15)8-17-12-6-4-11(3)5-7-12/h4-7,10,18H,8-9H2,1-3H3. The van der Waals surface area contributed by atoms with Crippen LogP contribution in [-0.4, -0.2) is 4.98 Å². The lowest BCUT2D eigenvalue weighted by atomic mass is 10.1. The average Bonchev–Trinajstić information content (AvgIpc) is 2.81. The van der Waals surface area contributed by atoms with E-state index in [1.807, 2.05) is 12.1 Å². The van der Waals surface area contributed by atoms with Gasteiger partial charge in [-0.1, -0.05) is 31.5 Å². The second-order valence-electron chi connectivity index (χ2n) is 4.83. The Hall–Kier alpha value is -1.00. The van der Waals surface area contributed by atoms with Crippen molar-refractivity contribution in [3.8, 4) is 5.75 Å². The highest BCUT2D eigenvalue weighted by Crippen LogP contribution is 2.27. The van der Waals surface area contributed by atoms with Gasteiger partial charge < -0.3 is 4.74 Å². The van der Waals surface area contributed by atoms with Crippen LogP contribution in [0, 0.1) is 6.92 Å². The van der Waals surface area contributed by atoms with E-state index in [4.69, 9.17) is 4.74 Å². The maximum Gasteiger partial charge on any atom is 0.140 e. The summed E-state index contributed by atoms with van der Waals surface area (Å²) >= 11 is 6.06. The molecule has 1 heterocycles. The molecule has 0 bridgehead atoms. The molecule has 0 aliphatic heterocycles. The van der Waals surface area contributed by atoms with Gasteiger partial charge in [0.05, 0.1) is 5.69 Å². The van der Waals surface area contributed by atoms with Gasteiger partial charge in [0.15, 0.2) is 0 Å². The molecule has 2 nitrogen and oxygen atoms in total. The topological polar surface area (TPSA) is 22.1 Å². The maximum absolute atomic E-state index is 5.76. The maximum atomic E-state index is 5.76. The van der Waals surface area contributed by atoms with Crippen LogP contribution < -0.4 is 4.74 Å². The Bertz CT molecular complexity index is 532. The number of hydrogen-bond donors (Lipinski definition) is 1. The van der Waals surface area contributed by atoms with Crippen LogP contribution in [0.2, 0.25) is 0 Å². The van der Waals surface area contributed by atoms with Crippen LogP contribution >= 0.6 is 24.0 Å². The molecular weight excluding hydrogens is 274 g/mol. The Labute approximate surface area is 124 Å². The Balaban J connectivity index is 2.05. The highest BCUT2D eigenvalue weighted by molar-refractivity contribution is 7.79. The van der Waals surface area contributed by atoms with Crippen molar-refractivity contribution in [2.75, 3.05) is 0 Å². The molecule has 0 atom stereocenters. The van der Waals surface area contributed by atoms with E-state index in [9.17, 15) is 0 Å². The summed E-state index contributed by atoms with van der Waals surface area (Å²) in [4.78, 5) is 5.91. The molecule has 0 spiro atoms. The molecule has 0 saturated heterocycles. The van der Waals surface area contributed by atoms with E-state index in [0.29, 0.717) is 12.5 Å². The van der Waals surface area contributed by atoms with Gasteiger partial charge in [-0.2, -0.15) is 12.6 Å². The normalized spacial score (nSPS) is 11.0. The van der Waals surface area contributed by atoms with Crippen molar-refractivity contribution >= 4 is 24.0 Å². The fourth-order valence-corrected chi connectivity index (χ4v) is 3.17.